The topological polar surface area (TPSA) is 83.1 Å². The van der Waals surface area contributed by atoms with Crippen molar-refractivity contribution < 1.29 is 28.5 Å². The number of hydrogen-bond donors (Lipinski definition) is 1. The first kappa shape index (κ1) is 22.3. The maximum Gasteiger partial charge on any atom is 0.408 e. The van der Waals surface area contributed by atoms with Crippen LogP contribution in [0, 0.1) is 0 Å². The number of carbonyl (C=O) groups is 2. The van der Waals surface area contributed by atoms with Gasteiger partial charge in [-0.3, -0.25) is 4.79 Å². The van der Waals surface area contributed by atoms with E-state index in [1.807, 2.05) is 30.3 Å². The van der Waals surface area contributed by atoms with Crippen LogP contribution in [0.25, 0.3) is 0 Å². The number of hydrogen-bond acceptors (Lipinski definition) is 6. The highest BCUT2D eigenvalue weighted by molar-refractivity contribution is 5.88. The average molecular weight is 393 g/mol. The van der Waals surface area contributed by atoms with E-state index in [1.54, 1.807) is 27.7 Å². The highest BCUT2D eigenvalue weighted by atomic mass is 16.7. The SMILES string of the molecule is C[C@@H](OCc1ccccc1)[C@H](NC(=O)OC(C)(C)C)C(=O)CCC1OCCO1. The minimum absolute atomic E-state index is 0.148. The van der Waals surface area contributed by atoms with E-state index in [4.69, 9.17) is 18.9 Å². The fourth-order valence-corrected chi connectivity index (χ4v) is 2.78. The fourth-order valence-electron chi connectivity index (χ4n) is 2.78. The molecule has 1 amide bonds. The first-order chi connectivity index (χ1) is 13.2. The maximum absolute atomic E-state index is 12.8. The van der Waals surface area contributed by atoms with E-state index in [0.717, 1.165) is 5.56 Å². The van der Waals surface area contributed by atoms with Crippen molar-refractivity contribution in [1.29, 1.82) is 0 Å². The Kier molecular flexibility index (Phi) is 8.41. The number of rotatable bonds is 9. The summed E-state index contributed by atoms with van der Waals surface area (Å²) in [5, 5.41) is 2.67. The molecule has 7 nitrogen and oxygen atoms in total. The van der Waals surface area contributed by atoms with Gasteiger partial charge in [0.25, 0.3) is 0 Å². The van der Waals surface area contributed by atoms with E-state index in [-0.39, 0.29) is 18.5 Å². The maximum atomic E-state index is 12.8. The minimum atomic E-state index is -0.819. The summed E-state index contributed by atoms with van der Waals surface area (Å²) in [6.45, 7) is 8.50. The van der Waals surface area contributed by atoms with Crippen LogP contribution in [0.3, 0.4) is 0 Å². The molecule has 1 aromatic carbocycles. The third-order valence-corrected chi connectivity index (χ3v) is 4.16. The quantitative estimate of drug-likeness (QED) is 0.694. The van der Waals surface area contributed by atoms with Crippen LogP contribution in [0.4, 0.5) is 4.79 Å². The molecule has 0 radical (unpaired) electrons. The number of carbonyl (C=O) groups excluding carboxylic acids is 2. The highest BCUT2D eigenvalue weighted by Crippen LogP contribution is 2.15. The molecule has 1 aliphatic rings. The zero-order valence-electron chi connectivity index (χ0n) is 17.1. The standard InChI is InChI=1S/C21H31NO6/c1-15(27-14-16-8-6-5-7-9-16)19(22-20(24)28-21(2,3)4)17(23)10-11-18-25-12-13-26-18/h5-9,15,18-19H,10-14H2,1-4H3,(H,22,24)/t15-,19+/m1/s1. The first-order valence-corrected chi connectivity index (χ1v) is 9.65. The Morgan fingerprint density at radius 2 is 1.82 bits per heavy atom. The molecule has 1 N–H and O–H groups in total. The summed E-state index contributed by atoms with van der Waals surface area (Å²) in [4.78, 5) is 25.0. The van der Waals surface area contributed by atoms with Crippen molar-refractivity contribution in [2.45, 2.75) is 71.2 Å². The van der Waals surface area contributed by atoms with E-state index in [1.165, 1.54) is 0 Å². The van der Waals surface area contributed by atoms with Crippen LogP contribution in [0.1, 0.15) is 46.1 Å². The molecule has 1 fully saturated rings. The molecule has 1 heterocycles. The van der Waals surface area contributed by atoms with Gasteiger partial charge in [0, 0.05) is 12.8 Å². The molecule has 7 heteroatoms. The lowest BCUT2D eigenvalue weighted by molar-refractivity contribution is -0.127. The van der Waals surface area contributed by atoms with Gasteiger partial charge < -0.3 is 24.3 Å². The van der Waals surface area contributed by atoms with Crippen molar-refractivity contribution in [3.63, 3.8) is 0 Å². The molecule has 0 spiro atoms. The normalized spacial score (nSPS) is 17.1. The van der Waals surface area contributed by atoms with Crippen LogP contribution >= 0.6 is 0 Å². The highest BCUT2D eigenvalue weighted by Gasteiger charge is 2.30. The predicted octanol–water partition coefficient (Wildman–Crippen LogP) is 3.21. The van der Waals surface area contributed by atoms with Gasteiger partial charge in [-0.05, 0) is 33.3 Å². The van der Waals surface area contributed by atoms with Crippen LogP contribution < -0.4 is 5.32 Å². The number of ether oxygens (including phenoxy) is 4. The van der Waals surface area contributed by atoms with Gasteiger partial charge >= 0.3 is 6.09 Å². The largest absolute Gasteiger partial charge is 0.444 e. The van der Waals surface area contributed by atoms with E-state index in [9.17, 15) is 9.59 Å². The van der Waals surface area contributed by atoms with Gasteiger partial charge in [-0.15, -0.1) is 0 Å². The van der Waals surface area contributed by atoms with Gasteiger partial charge in [-0.2, -0.15) is 0 Å². The van der Waals surface area contributed by atoms with E-state index in [2.05, 4.69) is 5.32 Å². The van der Waals surface area contributed by atoms with E-state index < -0.39 is 23.8 Å². The average Bonchev–Trinajstić information content (AvgIpc) is 3.15. The number of alkyl carbamates (subject to hydrolysis) is 1. The predicted molar refractivity (Wildman–Crippen MR) is 104 cm³/mol. The smallest absolute Gasteiger partial charge is 0.408 e. The summed E-state index contributed by atoms with van der Waals surface area (Å²) >= 11 is 0. The van der Waals surface area contributed by atoms with Crippen LogP contribution in [0.5, 0.6) is 0 Å². The fraction of sp³-hybridized carbons (Fsp3) is 0.619. The summed E-state index contributed by atoms with van der Waals surface area (Å²) < 4.78 is 21.9. The summed E-state index contributed by atoms with van der Waals surface area (Å²) in [6, 6.07) is 8.84. The van der Waals surface area contributed by atoms with Crippen molar-refractivity contribution in [2.24, 2.45) is 0 Å². The number of ketones is 1. The van der Waals surface area contributed by atoms with E-state index >= 15 is 0 Å². The molecule has 0 aromatic heterocycles. The molecular formula is C21H31NO6. The van der Waals surface area contributed by atoms with Gasteiger partial charge in [0.05, 0.1) is 25.9 Å². The lowest BCUT2D eigenvalue weighted by Gasteiger charge is -2.27. The van der Waals surface area contributed by atoms with Gasteiger partial charge in [0.15, 0.2) is 12.1 Å². The molecular weight excluding hydrogens is 362 g/mol. The Morgan fingerprint density at radius 1 is 1.18 bits per heavy atom. The molecule has 0 saturated carbocycles. The van der Waals surface area contributed by atoms with E-state index in [0.29, 0.717) is 26.2 Å². The number of amides is 1. The summed E-state index contributed by atoms with van der Waals surface area (Å²) in [7, 11) is 0. The third kappa shape index (κ3) is 7.96. The molecule has 0 aliphatic carbocycles. The van der Waals surface area contributed by atoms with Gasteiger partial charge in [0.2, 0.25) is 0 Å². The molecule has 0 unspecified atom stereocenters. The molecule has 156 valence electrons. The zero-order chi connectivity index (χ0) is 20.6. The Balaban J connectivity index is 1.96. The second-order valence-electron chi connectivity index (χ2n) is 7.80. The Labute approximate surface area is 166 Å². The Bertz CT molecular complexity index is 622. The summed E-state index contributed by atoms with van der Waals surface area (Å²) in [5.41, 5.74) is 0.336. The van der Waals surface area contributed by atoms with Crippen LogP contribution in [0.15, 0.2) is 30.3 Å². The zero-order valence-corrected chi connectivity index (χ0v) is 17.1. The first-order valence-electron chi connectivity index (χ1n) is 9.65. The van der Waals surface area contributed by atoms with Crippen molar-refractivity contribution in [3.05, 3.63) is 35.9 Å². The van der Waals surface area contributed by atoms with Crippen LogP contribution in [-0.4, -0.2) is 49.1 Å². The van der Waals surface area contributed by atoms with Gasteiger partial charge in [-0.25, -0.2) is 4.79 Å². The number of Topliss-reactive ketones (excluding diaryl/α,β-unsaturated/α-hetero) is 1. The van der Waals surface area contributed by atoms with Crippen molar-refractivity contribution in [1.82, 2.24) is 5.32 Å². The summed E-state index contributed by atoms with van der Waals surface area (Å²) in [6.07, 6.45) is -0.882. The second kappa shape index (κ2) is 10.5. The van der Waals surface area contributed by atoms with Crippen LogP contribution in [-0.2, 0) is 30.3 Å². The molecule has 2 rings (SSSR count). The Morgan fingerprint density at radius 3 is 2.43 bits per heavy atom. The molecule has 1 aliphatic heterocycles. The molecule has 2 atom stereocenters. The third-order valence-electron chi connectivity index (χ3n) is 4.16. The molecule has 0 bridgehead atoms. The monoisotopic (exact) mass is 393 g/mol. The lowest BCUT2D eigenvalue weighted by atomic mass is 10.0. The van der Waals surface area contributed by atoms with Crippen molar-refractivity contribution in [2.75, 3.05) is 13.2 Å². The minimum Gasteiger partial charge on any atom is -0.444 e. The molecule has 1 saturated heterocycles. The number of benzene rings is 1. The second-order valence-corrected chi connectivity index (χ2v) is 7.80. The van der Waals surface area contributed by atoms with Crippen molar-refractivity contribution >= 4 is 11.9 Å². The summed E-state index contributed by atoms with van der Waals surface area (Å²) in [5.74, 6) is -0.148. The van der Waals surface area contributed by atoms with Crippen molar-refractivity contribution in [3.8, 4) is 0 Å². The van der Waals surface area contributed by atoms with Gasteiger partial charge in [-0.1, -0.05) is 30.3 Å². The lowest BCUT2D eigenvalue weighted by Crippen LogP contribution is -2.50. The Hall–Kier alpha value is -1.96. The van der Waals surface area contributed by atoms with Crippen LogP contribution in [0.2, 0.25) is 0 Å². The number of nitrogens with one attached hydrogen (secondary N) is 1. The molecule has 1 aromatic rings. The molecule has 28 heavy (non-hydrogen) atoms. The van der Waals surface area contributed by atoms with Gasteiger partial charge in [0.1, 0.15) is 11.6 Å².